The molecule has 0 radical (unpaired) electrons. The Balaban J connectivity index is 1.02. The number of hydrogen-bond acceptors (Lipinski definition) is 3. The van der Waals surface area contributed by atoms with E-state index in [1.807, 2.05) is 48.9 Å². The highest BCUT2D eigenvalue weighted by molar-refractivity contribution is 6.12. The molecule has 5 nitrogen and oxygen atoms in total. The van der Waals surface area contributed by atoms with Crippen LogP contribution in [-0.4, -0.2) is 24.1 Å². The highest BCUT2D eigenvalue weighted by Gasteiger charge is 2.17. The van der Waals surface area contributed by atoms with E-state index >= 15 is 0 Å². The van der Waals surface area contributed by atoms with Crippen molar-refractivity contribution in [2.75, 3.05) is 0 Å². The summed E-state index contributed by atoms with van der Waals surface area (Å²) in [6, 6.07) is 64.6. The summed E-state index contributed by atoms with van der Waals surface area (Å²) >= 11 is 0. The molecule has 5 heterocycles. The molecule has 56 heavy (non-hydrogen) atoms. The Morgan fingerprint density at radius 1 is 0.286 bits per heavy atom. The van der Waals surface area contributed by atoms with Gasteiger partial charge in [0.15, 0.2) is 0 Å². The molecule has 0 atom stereocenters. The second kappa shape index (κ2) is 13.0. The average Bonchev–Trinajstić information content (AvgIpc) is 3.79. The molecule has 5 aromatic heterocycles. The Morgan fingerprint density at radius 2 is 0.857 bits per heavy atom. The topological polar surface area (TPSA) is 48.5 Å². The van der Waals surface area contributed by atoms with E-state index in [9.17, 15) is 0 Å². The first-order valence-corrected chi connectivity index (χ1v) is 18.8. The lowest BCUT2D eigenvalue weighted by Crippen LogP contribution is -1.95. The van der Waals surface area contributed by atoms with Crippen LogP contribution in [0.5, 0.6) is 0 Å². The van der Waals surface area contributed by atoms with Gasteiger partial charge in [-0.1, -0.05) is 78.9 Å². The van der Waals surface area contributed by atoms with Crippen molar-refractivity contribution < 1.29 is 0 Å². The molecule has 0 unspecified atom stereocenters. The first-order chi connectivity index (χ1) is 27.8. The van der Waals surface area contributed by atoms with E-state index in [1.165, 1.54) is 38.3 Å². The SMILES string of the molecule is c1ccc(-n2c3cc(-c4ccc5c(c4)c4ccccc4n5-c4ccc(-c5cc(-c6ccccn6)cc(-c6ccccn6)c5)cc4)ccc3c3cccnc32)cc1. The maximum absolute atomic E-state index is 4.81. The monoisotopic (exact) mass is 715 g/mol. The Labute approximate surface area is 323 Å². The van der Waals surface area contributed by atoms with Gasteiger partial charge in [0.1, 0.15) is 5.65 Å². The van der Waals surface area contributed by atoms with E-state index in [0.29, 0.717) is 0 Å². The lowest BCUT2D eigenvalue weighted by atomic mass is 9.96. The molecule has 262 valence electrons. The number of fused-ring (bicyclic) bond motifs is 6. The van der Waals surface area contributed by atoms with Crippen LogP contribution in [0.15, 0.2) is 201 Å². The third-order valence-corrected chi connectivity index (χ3v) is 10.9. The minimum absolute atomic E-state index is 0.934. The fourth-order valence-electron chi connectivity index (χ4n) is 8.25. The van der Waals surface area contributed by atoms with Crippen molar-refractivity contribution in [1.29, 1.82) is 0 Å². The van der Waals surface area contributed by atoms with Crippen molar-refractivity contribution in [3.8, 4) is 56.1 Å². The third-order valence-electron chi connectivity index (χ3n) is 10.9. The van der Waals surface area contributed by atoms with Gasteiger partial charge < -0.3 is 4.57 Å². The van der Waals surface area contributed by atoms with Crippen molar-refractivity contribution in [2.24, 2.45) is 0 Å². The smallest absolute Gasteiger partial charge is 0.145 e. The molecule has 6 aromatic carbocycles. The minimum Gasteiger partial charge on any atom is -0.309 e. The maximum atomic E-state index is 4.81. The first kappa shape index (κ1) is 31.9. The van der Waals surface area contributed by atoms with Gasteiger partial charge in [0, 0.05) is 62.6 Å². The summed E-state index contributed by atoms with van der Waals surface area (Å²) < 4.78 is 4.65. The molecule has 11 rings (SSSR count). The summed E-state index contributed by atoms with van der Waals surface area (Å²) in [5.74, 6) is 0. The average molecular weight is 716 g/mol. The van der Waals surface area contributed by atoms with Crippen LogP contribution in [0.25, 0.3) is 99.9 Å². The van der Waals surface area contributed by atoms with E-state index in [4.69, 9.17) is 4.98 Å². The molecule has 0 saturated carbocycles. The molecule has 0 spiro atoms. The van der Waals surface area contributed by atoms with Crippen molar-refractivity contribution in [3.05, 3.63) is 201 Å². The van der Waals surface area contributed by atoms with Crippen LogP contribution in [0.1, 0.15) is 0 Å². The van der Waals surface area contributed by atoms with E-state index in [-0.39, 0.29) is 0 Å². The number of nitrogens with zero attached hydrogens (tertiary/aromatic N) is 5. The Hall–Kier alpha value is -7.63. The van der Waals surface area contributed by atoms with Crippen LogP contribution in [0.4, 0.5) is 0 Å². The van der Waals surface area contributed by atoms with Gasteiger partial charge >= 0.3 is 0 Å². The van der Waals surface area contributed by atoms with Gasteiger partial charge in [0.05, 0.1) is 27.9 Å². The Bertz CT molecular complexity index is 3160. The molecule has 11 aromatic rings. The van der Waals surface area contributed by atoms with Gasteiger partial charge in [-0.2, -0.15) is 0 Å². The van der Waals surface area contributed by atoms with Crippen molar-refractivity contribution in [2.45, 2.75) is 0 Å². The van der Waals surface area contributed by atoms with Crippen LogP contribution in [0, 0.1) is 0 Å². The predicted octanol–water partition coefficient (Wildman–Crippen LogP) is 12.7. The van der Waals surface area contributed by atoms with Gasteiger partial charge in [0.2, 0.25) is 0 Å². The minimum atomic E-state index is 0.934. The molecule has 0 aliphatic rings. The number of hydrogen-bond donors (Lipinski definition) is 0. The largest absolute Gasteiger partial charge is 0.309 e. The quantitative estimate of drug-likeness (QED) is 0.172. The summed E-state index contributed by atoms with van der Waals surface area (Å²) in [6.07, 6.45) is 5.56. The second-order valence-corrected chi connectivity index (χ2v) is 14.1. The van der Waals surface area contributed by atoms with E-state index < -0.39 is 0 Å². The highest BCUT2D eigenvalue weighted by Crippen LogP contribution is 2.39. The summed E-state index contributed by atoms with van der Waals surface area (Å²) in [5.41, 5.74) is 15.2. The second-order valence-electron chi connectivity index (χ2n) is 14.1. The fourth-order valence-corrected chi connectivity index (χ4v) is 8.25. The zero-order valence-electron chi connectivity index (χ0n) is 30.3. The normalized spacial score (nSPS) is 11.6. The summed E-state index contributed by atoms with van der Waals surface area (Å²) in [4.78, 5) is 14.1. The van der Waals surface area contributed by atoms with Gasteiger partial charge in [-0.15, -0.1) is 0 Å². The van der Waals surface area contributed by atoms with E-state index in [1.54, 1.807) is 0 Å². The maximum Gasteiger partial charge on any atom is 0.145 e. The fraction of sp³-hybridized carbons (Fsp3) is 0. The Kier molecular flexibility index (Phi) is 7.42. The molecule has 0 fully saturated rings. The molecular formula is C51H33N5. The molecule has 0 bridgehead atoms. The summed E-state index contributed by atoms with van der Waals surface area (Å²) in [6.45, 7) is 0. The van der Waals surface area contributed by atoms with Crippen LogP contribution in [0.3, 0.4) is 0 Å². The van der Waals surface area contributed by atoms with Gasteiger partial charge in [-0.3, -0.25) is 14.5 Å². The van der Waals surface area contributed by atoms with E-state index in [0.717, 1.165) is 61.6 Å². The molecular weight excluding hydrogens is 683 g/mol. The van der Waals surface area contributed by atoms with Gasteiger partial charge in [-0.05, 0) is 125 Å². The summed E-state index contributed by atoms with van der Waals surface area (Å²) in [7, 11) is 0. The van der Waals surface area contributed by atoms with Crippen LogP contribution < -0.4 is 0 Å². The molecule has 0 N–H and O–H groups in total. The van der Waals surface area contributed by atoms with Gasteiger partial charge in [-0.25, -0.2) is 4.98 Å². The van der Waals surface area contributed by atoms with Crippen LogP contribution in [0.2, 0.25) is 0 Å². The van der Waals surface area contributed by atoms with Crippen molar-refractivity contribution >= 4 is 43.7 Å². The lowest BCUT2D eigenvalue weighted by Gasteiger charge is -2.12. The highest BCUT2D eigenvalue weighted by atomic mass is 15.0. The van der Waals surface area contributed by atoms with Crippen molar-refractivity contribution in [1.82, 2.24) is 24.1 Å². The number of benzene rings is 6. The van der Waals surface area contributed by atoms with Gasteiger partial charge in [0.25, 0.3) is 0 Å². The Morgan fingerprint density at radius 3 is 1.61 bits per heavy atom. The number of rotatable bonds is 6. The number of pyridine rings is 3. The number of para-hydroxylation sites is 2. The molecule has 5 heteroatoms. The first-order valence-electron chi connectivity index (χ1n) is 18.8. The predicted molar refractivity (Wildman–Crippen MR) is 230 cm³/mol. The lowest BCUT2D eigenvalue weighted by molar-refractivity contribution is 1.14. The molecule has 0 aliphatic heterocycles. The zero-order chi connectivity index (χ0) is 37.0. The number of aromatic nitrogens is 5. The molecule has 0 aliphatic carbocycles. The molecule has 0 saturated heterocycles. The molecule has 0 amide bonds. The summed E-state index contributed by atoms with van der Waals surface area (Å²) in [5, 5.41) is 4.78. The van der Waals surface area contributed by atoms with Crippen LogP contribution >= 0.6 is 0 Å². The standard InChI is InChI=1S/C51H33N5/c1-2-11-40(12-3-1)56-50-33-36(20-24-43(50)44-14-10-28-54-51(44)56)35-21-25-49-45(32-35)42-13-4-5-17-48(42)55(49)41-22-18-34(19-23-41)37-29-38(46-15-6-8-26-52-46)31-39(30-37)47-16-7-9-27-53-47/h1-33H. The van der Waals surface area contributed by atoms with Crippen LogP contribution in [-0.2, 0) is 0 Å². The third kappa shape index (κ3) is 5.29. The van der Waals surface area contributed by atoms with E-state index in [2.05, 4.69) is 171 Å². The van der Waals surface area contributed by atoms with Crippen molar-refractivity contribution in [3.63, 3.8) is 0 Å². The zero-order valence-corrected chi connectivity index (χ0v) is 30.3.